The Morgan fingerprint density at radius 3 is 0.885 bits per heavy atom. The van der Waals surface area contributed by atoms with Crippen molar-refractivity contribution in [1.29, 1.82) is 0 Å². The van der Waals surface area contributed by atoms with Crippen LogP contribution in [0.15, 0.2) is 226 Å². The third-order valence-electron chi connectivity index (χ3n) is 23.5. The van der Waals surface area contributed by atoms with Crippen molar-refractivity contribution in [3.05, 3.63) is 282 Å². The molecule has 14 rings (SSSR count). The van der Waals surface area contributed by atoms with Gasteiger partial charge in [0.25, 0.3) is 0 Å². The minimum atomic E-state index is -1.92. The number of alkyl halides is 8. The molecule has 10 aromatic rings. The zero-order valence-electron chi connectivity index (χ0n) is 68.2. The second kappa shape index (κ2) is 39.6. The van der Waals surface area contributed by atoms with E-state index in [1.807, 2.05) is 172 Å². The maximum Gasteiger partial charge on any atom is 0.351 e. The number of nitrogen functional groups attached to an aromatic ring is 2. The Bertz CT molecular complexity index is 4930. The molecule has 0 saturated carbocycles. The minimum absolute atomic E-state index is 0.0130. The summed E-state index contributed by atoms with van der Waals surface area (Å²) in [4.78, 5) is 65.9. The molecule has 0 radical (unpaired) electrons. The lowest BCUT2D eigenvalue weighted by Crippen LogP contribution is -2.47. The lowest BCUT2D eigenvalue weighted by Gasteiger charge is -2.37. The number of hydrogen-bond acceptors (Lipinski definition) is 23. The largest absolute Gasteiger partial charge is 0.497 e. The molecular formula is C87H98Cl4F4N12O15. The van der Waals surface area contributed by atoms with Gasteiger partial charge in [0.1, 0.15) is 74.7 Å². The van der Waals surface area contributed by atoms with Crippen molar-refractivity contribution in [2.45, 2.75) is 137 Å². The summed E-state index contributed by atoms with van der Waals surface area (Å²) in [5.41, 5.74) is 6.72. The Morgan fingerprint density at radius 2 is 0.648 bits per heavy atom. The third kappa shape index (κ3) is 18.1. The predicted octanol–water partition coefficient (Wildman–Crippen LogP) is 12.4. The number of aliphatic hydroxyl groups excluding tert-OH is 3. The molecule has 16 atom stereocenters. The third-order valence-corrected chi connectivity index (χ3v) is 25.3. The van der Waals surface area contributed by atoms with E-state index in [9.17, 15) is 43.3 Å². The standard InChI is InChI=1S/C33H35ClFN3O4.C32H33ClFN3O5.C12H17ClFN3O2.C10H13ClFN3O4/c1-5-32(21-34)22(2)29(35)30(42-32)38-20-19-28(36-31(38)39)37-33(23-9-7-6-8-10-23,24-11-15-26(40-3)16-12-24)25-13-17-27(41-4)18-14-25;1-21-28(34)29(42-31(21,19-33)20-38)37-18-17-27(35-30(37)39)36-32(22-7-5-4-6-8-22,23-9-13-25(40-2)14-10-23)24-11-15-26(41-3)16-12-24;1-3-12(6-13)7(2)9(14)10(19-12)17-5-4-8(15)16-11(17)18;11-3-10(4-16)7(17)6(12)8(19-10)15-2-1-5(13)14-9(15)18/h6-20,22,29-30H,5,21H2,1-4H3,(H,36,37,39);4-18,21,28-29,38H,19-20H2,1-3H3,(H,35,36,39);4-5,7,9-10H,3,6H2,1-2H3,(H2,15,16,18);1-2,6-8,16-17H,3-4H2,(H2,13,14,18)/t22-,29-,30+,32-;21-,28-,29+,31+;7-,9-,10+,12-;6-,7-,8+,10+/m0000/s1. The first-order valence-corrected chi connectivity index (χ1v) is 41.2. The van der Waals surface area contributed by atoms with E-state index in [0.717, 1.165) is 47.1 Å². The predicted molar refractivity (Wildman–Crippen MR) is 457 cm³/mol. The molecule has 9 N–H and O–H groups in total. The number of ether oxygens (including phenoxy) is 8. The molecule has 122 heavy (non-hydrogen) atoms. The van der Waals surface area contributed by atoms with Crippen molar-refractivity contribution < 1.29 is 70.8 Å². The van der Waals surface area contributed by atoms with Gasteiger partial charge in [0.15, 0.2) is 49.6 Å². The average Bonchev–Trinajstić information content (AvgIpc) is 1.74. The fourth-order valence-corrected chi connectivity index (χ4v) is 17.3. The van der Waals surface area contributed by atoms with Gasteiger partial charge in [-0.2, -0.15) is 19.9 Å². The fourth-order valence-electron chi connectivity index (χ4n) is 15.6. The molecule has 652 valence electrons. The van der Waals surface area contributed by atoms with Gasteiger partial charge in [0.05, 0.1) is 76.4 Å². The number of nitrogens with zero attached hydrogens (tertiary/aromatic N) is 8. The van der Waals surface area contributed by atoms with Crippen molar-refractivity contribution in [2.75, 3.05) is 87.3 Å². The van der Waals surface area contributed by atoms with Crippen LogP contribution in [0.25, 0.3) is 0 Å². The van der Waals surface area contributed by atoms with Crippen molar-refractivity contribution in [1.82, 2.24) is 38.2 Å². The monoisotopic (exact) mass is 1770 g/mol. The summed E-state index contributed by atoms with van der Waals surface area (Å²) in [7, 11) is 6.45. The number of anilines is 4. The van der Waals surface area contributed by atoms with Crippen LogP contribution in [0.5, 0.6) is 23.0 Å². The summed E-state index contributed by atoms with van der Waals surface area (Å²) in [5.74, 6) is 1.73. The lowest BCUT2D eigenvalue weighted by molar-refractivity contribution is -0.115. The molecule has 0 spiro atoms. The number of benzene rings is 6. The SMILES string of the molecule is CC[C@@]1(CCl)O[C@@H](n2ccc(N)nc2=O)[C@@H](F)[C@@H]1C.CC[C@@]1(CCl)O[C@@H](n2ccc(NC(c3ccccc3)(c3ccc(OC)cc3)c3ccc(OC)cc3)nc2=O)[C@@H](F)[C@@H]1C.COc1ccc(C(Nc2ccn([C@@H]3O[C@@](CO)(CCl)[C@@H](C)[C@@H]3F)c(=O)n2)(c2ccccc2)c2ccc(OC)cc2)cc1.Nc1ccn([C@@H]2O[C@@](CO)(CCl)[C@@H](O)[C@@H]2F)c(=O)n1. The molecule has 4 fully saturated rings. The van der Waals surface area contributed by atoms with Gasteiger partial charge in [-0.15, -0.1) is 46.4 Å². The van der Waals surface area contributed by atoms with Gasteiger partial charge in [0, 0.05) is 42.5 Å². The molecule has 4 aliphatic rings. The highest BCUT2D eigenvalue weighted by Crippen LogP contribution is 2.50. The topological polar surface area (TPSA) is 350 Å². The quantitative estimate of drug-likeness (QED) is 0.0150. The van der Waals surface area contributed by atoms with E-state index in [2.05, 4.69) is 30.6 Å². The maximum absolute atomic E-state index is 15.5. The van der Waals surface area contributed by atoms with E-state index in [0.29, 0.717) is 41.7 Å². The summed E-state index contributed by atoms with van der Waals surface area (Å²) >= 11 is 23.8. The zero-order chi connectivity index (χ0) is 88.2. The highest BCUT2D eigenvalue weighted by atomic mass is 35.5. The van der Waals surface area contributed by atoms with Gasteiger partial charge in [-0.1, -0.05) is 144 Å². The van der Waals surface area contributed by atoms with Crippen molar-refractivity contribution >= 4 is 69.7 Å². The summed E-state index contributed by atoms with van der Waals surface area (Å²) in [6.07, 6.45) is -6.01. The first-order valence-electron chi connectivity index (χ1n) is 39.1. The molecule has 0 aliphatic carbocycles. The van der Waals surface area contributed by atoms with E-state index in [1.54, 1.807) is 61.3 Å². The van der Waals surface area contributed by atoms with Gasteiger partial charge in [0.2, 0.25) is 0 Å². The second-order valence-corrected chi connectivity index (χ2v) is 31.0. The van der Waals surface area contributed by atoms with Gasteiger partial charge in [-0.05, 0) is 119 Å². The molecule has 27 nitrogen and oxygen atoms in total. The summed E-state index contributed by atoms with van der Waals surface area (Å²) in [5, 5.41) is 36.0. The van der Waals surface area contributed by atoms with Crippen LogP contribution in [-0.2, 0) is 30.0 Å². The number of halogens is 8. The van der Waals surface area contributed by atoms with E-state index in [1.165, 1.54) is 41.5 Å². The number of nitrogens with two attached hydrogens (primary N) is 2. The molecular weight excluding hydrogens is 1670 g/mol. The molecule has 4 aromatic heterocycles. The van der Waals surface area contributed by atoms with Crippen LogP contribution in [0.2, 0.25) is 0 Å². The Hall–Kier alpha value is -10.2. The maximum atomic E-state index is 15.5. The van der Waals surface area contributed by atoms with E-state index in [-0.39, 0.29) is 41.0 Å². The Morgan fingerprint density at radius 1 is 0.393 bits per heavy atom. The second-order valence-electron chi connectivity index (χ2n) is 29.9. The Kier molecular flexibility index (Phi) is 30.0. The first kappa shape index (κ1) is 92.6. The molecule has 4 aliphatic heterocycles. The molecule has 6 aromatic carbocycles. The molecule has 0 unspecified atom stereocenters. The number of aromatic nitrogens is 8. The van der Waals surface area contributed by atoms with Gasteiger partial charge in [-0.25, -0.2) is 36.7 Å². The average molecular weight is 1770 g/mol. The fraction of sp³-hybridized carbons (Fsp3) is 0.402. The van der Waals surface area contributed by atoms with Crippen molar-refractivity contribution in [3.8, 4) is 23.0 Å². The van der Waals surface area contributed by atoms with Crippen LogP contribution < -0.4 is 63.8 Å². The van der Waals surface area contributed by atoms with Gasteiger partial charge in [-0.3, -0.25) is 18.3 Å². The first-order chi connectivity index (χ1) is 58.5. The Labute approximate surface area is 721 Å². The van der Waals surface area contributed by atoms with Crippen LogP contribution in [0.4, 0.5) is 40.8 Å². The molecule has 8 heterocycles. The van der Waals surface area contributed by atoms with Gasteiger partial charge >= 0.3 is 22.8 Å². The lowest BCUT2D eigenvalue weighted by atomic mass is 9.77. The molecule has 0 amide bonds. The normalized spacial score (nSPS) is 26.0. The highest BCUT2D eigenvalue weighted by molar-refractivity contribution is 6.19. The van der Waals surface area contributed by atoms with E-state index >= 15 is 8.78 Å². The van der Waals surface area contributed by atoms with Crippen LogP contribution in [0.3, 0.4) is 0 Å². The summed E-state index contributed by atoms with van der Waals surface area (Å²) in [6.45, 7) is 7.76. The summed E-state index contributed by atoms with van der Waals surface area (Å²) in [6, 6.07) is 56.4. The number of methoxy groups -OCH3 is 4. The molecule has 4 saturated heterocycles. The van der Waals surface area contributed by atoms with Crippen LogP contribution in [0.1, 0.15) is 106 Å². The molecule has 35 heteroatoms. The molecule has 0 bridgehead atoms. The van der Waals surface area contributed by atoms with Gasteiger partial charge < -0.3 is 75.3 Å². The van der Waals surface area contributed by atoms with Crippen LogP contribution >= 0.6 is 46.4 Å². The van der Waals surface area contributed by atoms with E-state index < -0.39 is 143 Å². The minimum Gasteiger partial charge on any atom is -0.497 e. The van der Waals surface area contributed by atoms with Crippen LogP contribution in [-0.4, -0.2) is 172 Å². The van der Waals surface area contributed by atoms with Crippen molar-refractivity contribution in [2.24, 2.45) is 17.8 Å². The highest BCUT2D eigenvalue weighted by Gasteiger charge is 2.58. The Balaban J connectivity index is 0.000000169. The zero-order valence-corrected chi connectivity index (χ0v) is 71.2. The number of nitrogens with one attached hydrogen (secondary N) is 2. The number of rotatable bonds is 26. The summed E-state index contributed by atoms with van der Waals surface area (Å²) < 4.78 is 108. The van der Waals surface area contributed by atoms with E-state index in [4.69, 9.17) is 95.8 Å². The van der Waals surface area contributed by atoms with Crippen LogP contribution in [0, 0.1) is 17.8 Å². The van der Waals surface area contributed by atoms with Crippen molar-refractivity contribution in [3.63, 3.8) is 0 Å². The smallest absolute Gasteiger partial charge is 0.351 e. The number of aliphatic hydroxyl groups is 3. The number of hydrogen-bond donors (Lipinski definition) is 7.